The second kappa shape index (κ2) is 7.25. The number of benzene rings is 1. The Hall–Kier alpha value is -1.91. The summed E-state index contributed by atoms with van der Waals surface area (Å²) >= 11 is 0. The van der Waals surface area contributed by atoms with Gasteiger partial charge in [-0.05, 0) is 55.7 Å². The third-order valence-corrected chi connectivity index (χ3v) is 7.72. The minimum Gasteiger partial charge on any atom is -0.323 e. The van der Waals surface area contributed by atoms with Crippen LogP contribution in [0.15, 0.2) is 29.2 Å². The van der Waals surface area contributed by atoms with Crippen LogP contribution in [0.3, 0.4) is 0 Å². The van der Waals surface area contributed by atoms with Crippen molar-refractivity contribution in [1.29, 1.82) is 5.26 Å². The van der Waals surface area contributed by atoms with Crippen molar-refractivity contribution in [2.75, 3.05) is 20.1 Å². The summed E-state index contributed by atoms with van der Waals surface area (Å²) in [5.74, 6) is 0.316. The van der Waals surface area contributed by atoms with Gasteiger partial charge in [-0.15, -0.1) is 0 Å². The van der Waals surface area contributed by atoms with Crippen LogP contribution in [0.25, 0.3) is 0 Å². The number of hydrogen-bond acceptors (Lipinski definition) is 4. The molecule has 2 unspecified atom stereocenters. The van der Waals surface area contributed by atoms with Crippen molar-refractivity contribution < 1.29 is 13.2 Å². The van der Waals surface area contributed by atoms with Crippen LogP contribution in [-0.4, -0.2) is 49.2 Å². The number of nitriles is 1. The first-order valence-electron chi connectivity index (χ1n) is 9.49. The highest BCUT2D eigenvalue weighted by atomic mass is 32.2. The third-order valence-electron chi connectivity index (χ3n) is 5.89. The molecule has 0 N–H and O–H groups in total. The Balaban J connectivity index is 1.87. The highest BCUT2D eigenvalue weighted by Crippen LogP contribution is 2.37. The molecule has 1 heterocycles. The highest BCUT2D eigenvalue weighted by molar-refractivity contribution is 7.89. The Kier molecular flexibility index (Phi) is 5.33. The summed E-state index contributed by atoms with van der Waals surface area (Å²) in [6.45, 7) is 5.13. The molecule has 0 spiro atoms. The quantitative estimate of drug-likeness (QED) is 0.793. The molecule has 1 aromatic rings. The summed E-state index contributed by atoms with van der Waals surface area (Å²) in [5.41, 5.74) is -0.456. The molecule has 146 valence electrons. The molecule has 27 heavy (non-hydrogen) atoms. The lowest BCUT2D eigenvalue weighted by atomic mass is 9.76. The maximum Gasteiger partial charge on any atom is 0.254 e. The molecule has 1 saturated carbocycles. The highest BCUT2D eigenvalue weighted by Gasteiger charge is 2.43. The van der Waals surface area contributed by atoms with Crippen LogP contribution >= 0.6 is 0 Å². The summed E-state index contributed by atoms with van der Waals surface area (Å²) in [6, 6.07) is 8.45. The van der Waals surface area contributed by atoms with Crippen LogP contribution in [0.4, 0.5) is 0 Å². The Labute approximate surface area is 161 Å². The fraction of sp³-hybridized carbons (Fsp3) is 0.600. The minimum absolute atomic E-state index is 0.141. The van der Waals surface area contributed by atoms with Crippen LogP contribution < -0.4 is 0 Å². The van der Waals surface area contributed by atoms with Crippen LogP contribution in [0, 0.1) is 23.2 Å². The number of hydrogen-bond donors (Lipinski definition) is 0. The van der Waals surface area contributed by atoms with Gasteiger partial charge < -0.3 is 4.90 Å². The van der Waals surface area contributed by atoms with Gasteiger partial charge in [-0.3, -0.25) is 4.79 Å². The summed E-state index contributed by atoms with van der Waals surface area (Å²) in [7, 11) is -2.02. The van der Waals surface area contributed by atoms with Crippen LogP contribution in [-0.2, 0) is 10.0 Å². The molecule has 2 aliphatic rings. The van der Waals surface area contributed by atoms with E-state index in [0.29, 0.717) is 43.3 Å². The monoisotopic (exact) mass is 389 g/mol. The van der Waals surface area contributed by atoms with Gasteiger partial charge in [0.15, 0.2) is 0 Å². The van der Waals surface area contributed by atoms with Crippen LogP contribution in [0.1, 0.15) is 49.9 Å². The second-order valence-corrected chi connectivity index (χ2v) is 10.1. The van der Waals surface area contributed by atoms with Crippen molar-refractivity contribution in [3.8, 4) is 6.07 Å². The fourth-order valence-corrected chi connectivity index (χ4v) is 5.89. The van der Waals surface area contributed by atoms with Crippen LogP contribution in [0.2, 0.25) is 0 Å². The molecule has 0 bridgehead atoms. The number of piperidine rings is 1. The summed E-state index contributed by atoms with van der Waals surface area (Å²) in [5, 5.41) is 9.46. The second-order valence-electron chi connectivity index (χ2n) is 8.16. The molecule has 1 aliphatic carbocycles. The zero-order valence-corrected chi connectivity index (χ0v) is 17.0. The SMILES string of the molecule is CC1CC(C)CN(S(=O)(=O)c2cccc(C(=O)N(C)C3(C#N)CCC3)c2)C1. The van der Waals surface area contributed by atoms with Crippen molar-refractivity contribution in [2.45, 2.75) is 50.0 Å². The van der Waals surface area contributed by atoms with Crippen molar-refractivity contribution >= 4 is 15.9 Å². The van der Waals surface area contributed by atoms with Crippen molar-refractivity contribution in [3.05, 3.63) is 29.8 Å². The van der Waals surface area contributed by atoms with E-state index < -0.39 is 15.6 Å². The lowest BCUT2D eigenvalue weighted by Crippen LogP contribution is -2.53. The van der Waals surface area contributed by atoms with Gasteiger partial charge in [0.2, 0.25) is 10.0 Å². The maximum atomic E-state index is 13.1. The molecule has 1 amide bonds. The zero-order valence-electron chi connectivity index (χ0n) is 16.2. The van der Waals surface area contributed by atoms with Crippen molar-refractivity contribution in [1.82, 2.24) is 9.21 Å². The van der Waals surface area contributed by atoms with Gasteiger partial charge in [0, 0.05) is 25.7 Å². The molecular weight excluding hydrogens is 362 g/mol. The number of sulfonamides is 1. The van der Waals surface area contributed by atoms with Gasteiger partial charge in [-0.2, -0.15) is 9.57 Å². The van der Waals surface area contributed by atoms with Gasteiger partial charge in [0.1, 0.15) is 5.54 Å². The average Bonchev–Trinajstić information content (AvgIpc) is 2.59. The van der Waals surface area contributed by atoms with Crippen molar-refractivity contribution in [2.24, 2.45) is 11.8 Å². The minimum atomic E-state index is -3.64. The number of amides is 1. The van der Waals surface area contributed by atoms with E-state index in [-0.39, 0.29) is 10.8 Å². The third kappa shape index (κ3) is 3.61. The number of nitrogens with zero attached hydrogens (tertiary/aromatic N) is 3. The molecule has 3 rings (SSSR count). The summed E-state index contributed by atoms with van der Waals surface area (Å²) in [6.07, 6.45) is 3.26. The lowest BCUT2D eigenvalue weighted by Gasteiger charge is -2.43. The first-order valence-corrected chi connectivity index (χ1v) is 10.9. The average molecular weight is 390 g/mol. The molecular formula is C20H27N3O3S. The predicted molar refractivity (Wildman–Crippen MR) is 102 cm³/mol. The number of carbonyl (C=O) groups is 1. The first-order chi connectivity index (χ1) is 12.7. The number of rotatable bonds is 4. The Bertz CT molecular complexity index is 861. The lowest BCUT2D eigenvalue weighted by molar-refractivity contribution is 0.0497. The van der Waals surface area contributed by atoms with Crippen LogP contribution in [0.5, 0.6) is 0 Å². The Morgan fingerprint density at radius 3 is 2.41 bits per heavy atom. The smallest absolute Gasteiger partial charge is 0.254 e. The molecule has 0 aromatic heterocycles. The largest absolute Gasteiger partial charge is 0.323 e. The van der Waals surface area contributed by atoms with E-state index in [1.807, 2.05) is 0 Å². The molecule has 1 aliphatic heterocycles. The fourth-order valence-electron chi connectivity index (χ4n) is 4.16. The molecule has 2 fully saturated rings. The van der Waals surface area contributed by atoms with Gasteiger partial charge in [0.05, 0.1) is 11.0 Å². The normalized spacial score (nSPS) is 25.3. The van der Waals surface area contributed by atoms with E-state index >= 15 is 0 Å². The molecule has 6 nitrogen and oxygen atoms in total. The standard InChI is InChI=1S/C20H27N3O3S/c1-15-10-16(2)13-23(12-15)27(25,26)18-7-4-6-17(11-18)19(24)22(3)20(14-21)8-5-9-20/h4,6-7,11,15-16H,5,8-10,12-13H2,1-3H3. The summed E-state index contributed by atoms with van der Waals surface area (Å²) < 4.78 is 27.7. The van der Waals surface area contributed by atoms with Gasteiger partial charge >= 0.3 is 0 Å². The zero-order chi connectivity index (χ0) is 19.8. The maximum absolute atomic E-state index is 13.1. The molecule has 0 radical (unpaired) electrons. The van der Waals surface area contributed by atoms with E-state index in [4.69, 9.17) is 0 Å². The topological polar surface area (TPSA) is 81.5 Å². The van der Waals surface area contributed by atoms with E-state index in [2.05, 4.69) is 19.9 Å². The Morgan fingerprint density at radius 1 is 1.26 bits per heavy atom. The molecule has 7 heteroatoms. The van der Waals surface area contributed by atoms with E-state index in [1.54, 1.807) is 25.2 Å². The predicted octanol–water partition coefficient (Wildman–Crippen LogP) is 2.87. The molecule has 1 saturated heterocycles. The Morgan fingerprint density at radius 2 is 1.89 bits per heavy atom. The van der Waals surface area contributed by atoms with Gasteiger partial charge in [-0.1, -0.05) is 19.9 Å². The van der Waals surface area contributed by atoms with Gasteiger partial charge in [0.25, 0.3) is 5.91 Å². The van der Waals surface area contributed by atoms with E-state index in [1.165, 1.54) is 15.3 Å². The van der Waals surface area contributed by atoms with E-state index in [0.717, 1.165) is 12.8 Å². The van der Waals surface area contributed by atoms with Crippen molar-refractivity contribution in [3.63, 3.8) is 0 Å². The summed E-state index contributed by atoms with van der Waals surface area (Å²) in [4.78, 5) is 14.5. The number of carbonyl (C=O) groups excluding carboxylic acids is 1. The molecule has 1 aromatic carbocycles. The molecule has 2 atom stereocenters. The van der Waals surface area contributed by atoms with E-state index in [9.17, 15) is 18.5 Å². The first kappa shape index (κ1) is 19.8. The van der Waals surface area contributed by atoms with Gasteiger partial charge in [-0.25, -0.2) is 8.42 Å².